The van der Waals surface area contributed by atoms with Gasteiger partial charge in [-0.3, -0.25) is 9.69 Å². The maximum atomic E-state index is 12.9. The number of piperidine rings is 1. The molecule has 1 aliphatic heterocycles. The van der Waals surface area contributed by atoms with E-state index in [2.05, 4.69) is 10.2 Å². The molecule has 1 heterocycles. The molecule has 1 aliphatic rings. The molecule has 28 heavy (non-hydrogen) atoms. The van der Waals surface area contributed by atoms with E-state index in [1.807, 2.05) is 6.07 Å². The number of hydrogen-bond acceptors (Lipinski definition) is 3. The van der Waals surface area contributed by atoms with Crippen LogP contribution in [0.15, 0.2) is 42.5 Å². The van der Waals surface area contributed by atoms with Crippen LogP contribution < -0.4 is 5.32 Å². The zero-order valence-electron chi connectivity index (χ0n) is 15.8. The largest absolute Gasteiger partial charge is 0.508 e. The summed E-state index contributed by atoms with van der Waals surface area (Å²) in [7, 11) is 0. The topological polar surface area (TPSA) is 52.6 Å². The van der Waals surface area contributed by atoms with Crippen molar-refractivity contribution in [1.82, 2.24) is 10.2 Å². The number of hydrogen-bond donors (Lipinski definition) is 2. The van der Waals surface area contributed by atoms with Crippen LogP contribution in [0.3, 0.4) is 0 Å². The lowest BCUT2D eigenvalue weighted by Crippen LogP contribution is -2.33. The van der Waals surface area contributed by atoms with Crippen molar-refractivity contribution in [3.63, 3.8) is 0 Å². The van der Waals surface area contributed by atoms with Crippen LogP contribution in [0.1, 0.15) is 36.8 Å². The van der Waals surface area contributed by atoms with Gasteiger partial charge in [-0.15, -0.1) is 0 Å². The van der Waals surface area contributed by atoms with Gasteiger partial charge in [-0.2, -0.15) is 0 Å². The Balaban J connectivity index is 1.35. The Hall–Kier alpha value is -2.11. The van der Waals surface area contributed by atoms with E-state index in [4.69, 9.17) is 11.6 Å². The molecule has 3 rings (SSSR count). The fourth-order valence-corrected chi connectivity index (χ4v) is 3.78. The van der Waals surface area contributed by atoms with E-state index < -0.39 is 0 Å². The highest BCUT2D eigenvalue weighted by Crippen LogP contribution is 2.27. The van der Waals surface area contributed by atoms with Crippen LogP contribution in [0.5, 0.6) is 5.75 Å². The maximum Gasteiger partial charge on any atom is 0.220 e. The molecule has 0 spiro atoms. The lowest BCUT2D eigenvalue weighted by Gasteiger charge is -2.32. The molecule has 2 N–H and O–H groups in total. The predicted octanol–water partition coefficient (Wildman–Crippen LogP) is 4.49. The van der Waals surface area contributed by atoms with Crippen LogP contribution in [-0.2, 0) is 17.9 Å². The van der Waals surface area contributed by atoms with Gasteiger partial charge in [0.15, 0.2) is 0 Å². The van der Waals surface area contributed by atoms with Gasteiger partial charge >= 0.3 is 0 Å². The smallest absolute Gasteiger partial charge is 0.220 e. The number of phenolic OH excluding ortho intramolecular Hbond substituents is 1. The maximum absolute atomic E-state index is 12.9. The molecule has 0 bridgehead atoms. The number of carbonyl (C=O) groups excluding carboxylic acids is 1. The monoisotopic (exact) mass is 404 g/mol. The number of aromatic hydroxyl groups is 1. The second-order valence-electron chi connectivity index (χ2n) is 7.43. The number of benzene rings is 2. The first-order valence-corrected chi connectivity index (χ1v) is 10.1. The third kappa shape index (κ3) is 6.21. The highest BCUT2D eigenvalue weighted by molar-refractivity contribution is 6.30. The van der Waals surface area contributed by atoms with Crippen molar-refractivity contribution in [2.75, 3.05) is 13.1 Å². The minimum absolute atomic E-state index is 0.0376. The van der Waals surface area contributed by atoms with Crippen molar-refractivity contribution in [3.8, 4) is 5.75 Å². The molecule has 6 heteroatoms. The van der Waals surface area contributed by atoms with E-state index in [-0.39, 0.29) is 17.5 Å². The summed E-state index contributed by atoms with van der Waals surface area (Å²) >= 11 is 6.02. The quantitative estimate of drug-likeness (QED) is 0.714. The molecule has 2 aromatic carbocycles. The van der Waals surface area contributed by atoms with E-state index in [1.165, 1.54) is 12.1 Å². The summed E-state index contributed by atoms with van der Waals surface area (Å²) in [5.74, 6) is 0.590. The first-order valence-electron chi connectivity index (χ1n) is 9.70. The van der Waals surface area contributed by atoms with Crippen molar-refractivity contribution in [1.29, 1.82) is 0 Å². The van der Waals surface area contributed by atoms with Crippen LogP contribution in [0.4, 0.5) is 4.39 Å². The average molecular weight is 405 g/mol. The van der Waals surface area contributed by atoms with Gasteiger partial charge in [0.25, 0.3) is 0 Å². The molecule has 0 aliphatic carbocycles. The molecular formula is C22H26ClFN2O2. The third-order valence-corrected chi connectivity index (χ3v) is 5.56. The van der Waals surface area contributed by atoms with E-state index >= 15 is 0 Å². The number of nitrogens with one attached hydrogen (secondary N) is 1. The number of carbonyl (C=O) groups is 1. The molecule has 0 saturated carbocycles. The molecular weight excluding hydrogens is 379 g/mol. The number of nitrogens with zero attached hydrogens (tertiary/aromatic N) is 1. The second kappa shape index (κ2) is 9.89. The van der Waals surface area contributed by atoms with Gasteiger partial charge < -0.3 is 10.4 Å². The van der Waals surface area contributed by atoms with Gasteiger partial charge in [-0.05, 0) is 74.2 Å². The highest BCUT2D eigenvalue weighted by atomic mass is 35.5. The van der Waals surface area contributed by atoms with Gasteiger partial charge in [-0.25, -0.2) is 4.39 Å². The normalized spacial score (nSPS) is 15.5. The number of phenols is 1. The number of halogens is 2. The van der Waals surface area contributed by atoms with E-state index in [0.29, 0.717) is 30.5 Å². The van der Waals surface area contributed by atoms with Gasteiger partial charge in [-0.1, -0.05) is 23.7 Å². The predicted molar refractivity (Wildman–Crippen MR) is 109 cm³/mol. The minimum Gasteiger partial charge on any atom is -0.508 e. The summed E-state index contributed by atoms with van der Waals surface area (Å²) in [5.41, 5.74) is 1.75. The Bertz CT molecular complexity index is 790. The summed E-state index contributed by atoms with van der Waals surface area (Å²) < 4.78 is 12.9. The summed E-state index contributed by atoms with van der Waals surface area (Å²) in [6.07, 6.45) is 3.49. The fourth-order valence-electron chi connectivity index (χ4n) is 3.58. The van der Waals surface area contributed by atoms with Crippen molar-refractivity contribution in [2.45, 2.75) is 38.8 Å². The van der Waals surface area contributed by atoms with Gasteiger partial charge in [0.05, 0.1) is 0 Å². The zero-order valence-corrected chi connectivity index (χ0v) is 16.6. The Morgan fingerprint density at radius 2 is 1.89 bits per heavy atom. The van der Waals surface area contributed by atoms with Crippen LogP contribution >= 0.6 is 11.6 Å². The lowest BCUT2D eigenvalue weighted by atomic mass is 9.92. The standard InChI is InChI=1S/C22H26ClFN2O2/c23-19-4-7-21(27)18(13-19)15-26-11-9-16(10-12-26)3-8-22(28)25-14-17-1-5-20(24)6-2-17/h1-2,4-7,13,16,27H,3,8-12,14-15H2,(H,25,28). The molecule has 1 fully saturated rings. The molecule has 2 aromatic rings. The molecule has 1 saturated heterocycles. The van der Waals surface area contributed by atoms with E-state index in [9.17, 15) is 14.3 Å². The van der Waals surface area contributed by atoms with Crippen molar-refractivity contribution >= 4 is 17.5 Å². The third-order valence-electron chi connectivity index (χ3n) is 5.33. The van der Waals surface area contributed by atoms with E-state index in [1.54, 1.807) is 24.3 Å². The Morgan fingerprint density at radius 3 is 2.61 bits per heavy atom. The van der Waals surface area contributed by atoms with Crippen molar-refractivity contribution in [3.05, 3.63) is 64.4 Å². The van der Waals surface area contributed by atoms with Crippen LogP contribution in [-0.4, -0.2) is 29.0 Å². The first-order chi connectivity index (χ1) is 13.5. The van der Waals surface area contributed by atoms with Crippen molar-refractivity contribution < 1.29 is 14.3 Å². The molecule has 1 amide bonds. The fraction of sp³-hybridized carbons (Fsp3) is 0.409. The SMILES string of the molecule is O=C(CCC1CCN(Cc2cc(Cl)ccc2O)CC1)NCc1ccc(F)cc1. The number of rotatable bonds is 7. The van der Waals surface area contributed by atoms with Crippen LogP contribution in [0.25, 0.3) is 0 Å². The average Bonchev–Trinajstić information content (AvgIpc) is 2.70. The molecule has 0 aromatic heterocycles. The minimum atomic E-state index is -0.271. The van der Waals surface area contributed by atoms with Gasteiger partial charge in [0.2, 0.25) is 5.91 Å². The van der Waals surface area contributed by atoms with Gasteiger partial charge in [0.1, 0.15) is 11.6 Å². The summed E-state index contributed by atoms with van der Waals surface area (Å²) in [4.78, 5) is 14.4. The van der Waals surface area contributed by atoms with Crippen molar-refractivity contribution in [2.24, 2.45) is 5.92 Å². The Kier molecular flexibility index (Phi) is 7.29. The molecule has 0 atom stereocenters. The van der Waals surface area contributed by atoms with Crippen LogP contribution in [0, 0.1) is 11.7 Å². The summed E-state index contributed by atoms with van der Waals surface area (Å²) in [6.45, 7) is 3.03. The molecule has 150 valence electrons. The summed E-state index contributed by atoms with van der Waals surface area (Å²) in [6, 6.07) is 11.3. The van der Waals surface area contributed by atoms with Gasteiger partial charge in [0, 0.05) is 30.1 Å². The van der Waals surface area contributed by atoms with E-state index in [0.717, 1.165) is 43.5 Å². The highest BCUT2D eigenvalue weighted by Gasteiger charge is 2.20. The molecule has 0 radical (unpaired) electrons. The Labute approximate surface area is 170 Å². The number of amides is 1. The lowest BCUT2D eigenvalue weighted by molar-refractivity contribution is -0.121. The zero-order chi connectivity index (χ0) is 19.9. The second-order valence-corrected chi connectivity index (χ2v) is 7.87. The molecule has 0 unspecified atom stereocenters. The van der Waals surface area contributed by atoms with Crippen LogP contribution in [0.2, 0.25) is 5.02 Å². The Morgan fingerprint density at radius 1 is 1.18 bits per heavy atom. The molecule has 4 nitrogen and oxygen atoms in total. The summed E-state index contributed by atoms with van der Waals surface area (Å²) in [5, 5.41) is 13.5. The first kappa shape index (κ1) is 20.6. The number of likely N-dealkylation sites (tertiary alicyclic amines) is 1.